The second kappa shape index (κ2) is 14.1. The number of amides is 2. The minimum Gasteiger partial charge on any atom is -0.352 e. The Bertz CT molecular complexity index is 1520. The molecule has 1 N–H and O–H groups in total. The van der Waals surface area contributed by atoms with Gasteiger partial charge >= 0.3 is 0 Å². The first-order valence-electron chi connectivity index (χ1n) is 14.2. The summed E-state index contributed by atoms with van der Waals surface area (Å²) >= 11 is 9.79. The van der Waals surface area contributed by atoms with Crippen LogP contribution >= 0.6 is 27.5 Å². The van der Waals surface area contributed by atoms with Gasteiger partial charge in [-0.3, -0.25) is 13.9 Å². The Labute approximate surface area is 262 Å². The quantitative estimate of drug-likeness (QED) is 0.257. The monoisotopic (exact) mass is 673 g/mol. The lowest BCUT2D eigenvalue weighted by Gasteiger charge is -2.33. The number of aryl methyl sites for hydroxylation is 2. The number of benzene rings is 3. The van der Waals surface area contributed by atoms with Crippen LogP contribution < -0.4 is 9.62 Å². The summed E-state index contributed by atoms with van der Waals surface area (Å²) in [6.45, 7) is 4.96. The van der Waals surface area contributed by atoms with Crippen LogP contribution in [-0.4, -0.2) is 43.8 Å². The third kappa shape index (κ3) is 7.94. The summed E-state index contributed by atoms with van der Waals surface area (Å²) in [4.78, 5) is 29.1. The standard InChI is InChI=1S/C32H37BrClN3O4S/c1-22-12-16-29(17-13-22)42(40,41)37(30-19-27(34)15-14-23(30)2)21-31(38)36(20-25-8-7-9-26(33)18-25)24(3)32(39)35-28-10-5-4-6-11-28/h7-9,12-19,24,28H,4-6,10-11,20-21H2,1-3H3,(H,35,39). The Morgan fingerprint density at radius 1 is 1.00 bits per heavy atom. The summed E-state index contributed by atoms with van der Waals surface area (Å²) in [6.07, 6.45) is 5.10. The molecule has 0 aromatic heterocycles. The van der Waals surface area contributed by atoms with E-state index in [0.29, 0.717) is 16.3 Å². The SMILES string of the molecule is Cc1ccc(S(=O)(=O)N(CC(=O)N(Cc2cccc(Br)c2)C(C)C(=O)NC2CCCCC2)c2cc(Cl)ccc2C)cc1. The van der Waals surface area contributed by atoms with Gasteiger partial charge in [0.15, 0.2) is 0 Å². The number of carbonyl (C=O) groups is 2. The van der Waals surface area contributed by atoms with Crippen molar-refractivity contribution in [3.8, 4) is 0 Å². The lowest BCUT2D eigenvalue weighted by Crippen LogP contribution is -2.53. The Hall–Kier alpha value is -2.88. The van der Waals surface area contributed by atoms with Gasteiger partial charge in [-0.2, -0.15) is 0 Å². The molecule has 3 aromatic rings. The molecule has 1 saturated carbocycles. The highest BCUT2D eigenvalue weighted by molar-refractivity contribution is 9.10. The van der Waals surface area contributed by atoms with Gasteiger partial charge in [0.05, 0.1) is 10.6 Å². The minimum absolute atomic E-state index is 0.0573. The van der Waals surface area contributed by atoms with E-state index in [1.54, 1.807) is 44.2 Å². The molecular formula is C32H37BrClN3O4S. The van der Waals surface area contributed by atoms with E-state index in [1.165, 1.54) is 17.0 Å². The zero-order valence-electron chi connectivity index (χ0n) is 24.1. The number of carbonyl (C=O) groups excluding carboxylic acids is 2. The summed E-state index contributed by atoms with van der Waals surface area (Å²) in [6, 6.07) is 18.2. The van der Waals surface area contributed by atoms with Crippen LogP contribution in [0.15, 0.2) is 76.1 Å². The maximum Gasteiger partial charge on any atom is 0.264 e. The molecule has 2 amide bonds. The molecule has 0 saturated heterocycles. The van der Waals surface area contributed by atoms with Gasteiger partial charge in [-0.1, -0.05) is 82.7 Å². The van der Waals surface area contributed by atoms with E-state index in [9.17, 15) is 18.0 Å². The van der Waals surface area contributed by atoms with Crippen LogP contribution in [-0.2, 0) is 26.2 Å². The fourth-order valence-electron chi connectivity index (χ4n) is 5.19. The lowest BCUT2D eigenvalue weighted by atomic mass is 9.95. The molecule has 42 heavy (non-hydrogen) atoms. The molecule has 1 atom stereocenters. The van der Waals surface area contributed by atoms with Gasteiger partial charge in [0.1, 0.15) is 12.6 Å². The maximum atomic E-state index is 14.2. The first-order chi connectivity index (χ1) is 20.0. The summed E-state index contributed by atoms with van der Waals surface area (Å²) in [7, 11) is -4.17. The molecule has 1 aliphatic carbocycles. The van der Waals surface area contributed by atoms with Gasteiger partial charge in [-0.25, -0.2) is 8.42 Å². The summed E-state index contributed by atoms with van der Waals surface area (Å²) < 4.78 is 30.1. The molecule has 0 heterocycles. The molecule has 0 spiro atoms. The van der Waals surface area contributed by atoms with E-state index in [-0.39, 0.29) is 23.4 Å². The average Bonchev–Trinajstić information content (AvgIpc) is 2.96. The first kappa shape index (κ1) is 32.0. The molecule has 1 fully saturated rings. The number of halogens is 2. The molecule has 0 bridgehead atoms. The topological polar surface area (TPSA) is 86.8 Å². The third-order valence-electron chi connectivity index (χ3n) is 7.69. The van der Waals surface area contributed by atoms with Gasteiger partial charge in [-0.15, -0.1) is 0 Å². The van der Waals surface area contributed by atoms with E-state index < -0.39 is 28.5 Å². The van der Waals surface area contributed by atoms with Crippen LogP contribution in [0.25, 0.3) is 0 Å². The highest BCUT2D eigenvalue weighted by atomic mass is 79.9. The Morgan fingerprint density at radius 3 is 2.36 bits per heavy atom. The fourth-order valence-corrected chi connectivity index (χ4v) is 7.27. The zero-order chi connectivity index (χ0) is 30.4. The second-order valence-corrected chi connectivity index (χ2v) is 14.1. The number of sulfonamides is 1. The molecule has 7 nitrogen and oxygen atoms in total. The van der Waals surface area contributed by atoms with Gasteiger partial charge in [-0.05, 0) is 81.1 Å². The summed E-state index contributed by atoms with van der Waals surface area (Å²) in [5.74, 6) is -0.756. The predicted octanol–water partition coefficient (Wildman–Crippen LogP) is 6.78. The van der Waals surface area contributed by atoms with Crippen molar-refractivity contribution in [3.05, 3.63) is 92.9 Å². The van der Waals surface area contributed by atoms with Crippen LogP contribution in [0.3, 0.4) is 0 Å². The van der Waals surface area contributed by atoms with Gasteiger partial charge in [0.25, 0.3) is 10.0 Å². The van der Waals surface area contributed by atoms with E-state index in [1.807, 2.05) is 31.2 Å². The Morgan fingerprint density at radius 2 is 1.69 bits per heavy atom. The molecular weight excluding hydrogens is 638 g/mol. The maximum absolute atomic E-state index is 14.2. The predicted molar refractivity (Wildman–Crippen MR) is 171 cm³/mol. The number of hydrogen-bond acceptors (Lipinski definition) is 4. The van der Waals surface area contributed by atoms with E-state index in [4.69, 9.17) is 11.6 Å². The Kier molecular flexibility index (Phi) is 10.7. The molecule has 0 radical (unpaired) electrons. The molecule has 0 aliphatic heterocycles. The number of hydrogen-bond donors (Lipinski definition) is 1. The normalized spacial score (nSPS) is 14.7. The number of anilines is 1. The van der Waals surface area contributed by atoms with Crippen molar-refractivity contribution >= 4 is 55.1 Å². The van der Waals surface area contributed by atoms with Crippen molar-refractivity contribution in [1.82, 2.24) is 10.2 Å². The van der Waals surface area contributed by atoms with Crippen molar-refractivity contribution in [3.63, 3.8) is 0 Å². The van der Waals surface area contributed by atoms with Crippen molar-refractivity contribution in [2.45, 2.75) is 76.4 Å². The average molecular weight is 675 g/mol. The van der Waals surface area contributed by atoms with Crippen molar-refractivity contribution < 1.29 is 18.0 Å². The Balaban J connectivity index is 1.71. The molecule has 10 heteroatoms. The number of nitrogens with zero attached hydrogens (tertiary/aromatic N) is 2. The van der Waals surface area contributed by atoms with E-state index >= 15 is 0 Å². The smallest absolute Gasteiger partial charge is 0.264 e. The minimum atomic E-state index is -4.17. The van der Waals surface area contributed by atoms with Gasteiger partial charge in [0, 0.05) is 22.1 Å². The van der Waals surface area contributed by atoms with Crippen LogP contribution in [0.4, 0.5) is 5.69 Å². The molecule has 4 rings (SSSR count). The second-order valence-electron chi connectivity index (χ2n) is 10.9. The van der Waals surface area contributed by atoms with Crippen LogP contribution in [0, 0.1) is 13.8 Å². The highest BCUT2D eigenvalue weighted by Gasteiger charge is 2.34. The zero-order valence-corrected chi connectivity index (χ0v) is 27.3. The molecule has 1 aliphatic rings. The van der Waals surface area contributed by atoms with Crippen LogP contribution in [0.1, 0.15) is 55.7 Å². The summed E-state index contributed by atoms with van der Waals surface area (Å²) in [5, 5.41) is 3.47. The summed E-state index contributed by atoms with van der Waals surface area (Å²) in [5.41, 5.74) is 2.66. The molecule has 3 aromatic carbocycles. The third-order valence-corrected chi connectivity index (χ3v) is 10.2. The molecule has 1 unspecified atom stereocenters. The van der Waals surface area contributed by atoms with E-state index in [2.05, 4.69) is 21.2 Å². The lowest BCUT2D eigenvalue weighted by molar-refractivity contribution is -0.139. The fraction of sp³-hybridized carbons (Fsp3) is 0.375. The van der Waals surface area contributed by atoms with Crippen molar-refractivity contribution in [2.24, 2.45) is 0 Å². The van der Waals surface area contributed by atoms with Crippen molar-refractivity contribution in [1.29, 1.82) is 0 Å². The van der Waals surface area contributed by atoms with Crippen molar-refractivity contribution in [2.75, 3.05) is 10.8 Å². The van der Waals surface area contributed by atoms with E-state index in [0.717, 1.165) is 52.0 Å². The van der Waals surface area contributed by atoms with Crippen LogP contribution in [0.5, 0.6) is 0 Å². The largest absolute Gasteiger partial charge is 0.352 e. The number of nitrogens with one attached hydrogen (secondary N) is 1. The van der Waals surface area contributed by atoms with Gasteiger partial charge in [0.2, 0.25) is 11.8 Å². The molecule has 224 valence electrons. The highest BCUT2D eigenvalue weighted by Crippen LogP contribution is 2.30. The van der Waals surface area contributed by atoms with Gasteiger partial charge < -0.3 is 10.2 Å². The first-order valence-corrected chi connectivity index (χ1v) is 16.8. The van der Waals surface area contributed by atoms with Crippen LogP contribution in [0.2, 0.25) is 5.02 Å². The number of rotatable bonds is 10.